The molecule has 0 bridgehead atoms. The molecule has 1 rings (SSSR count). The maximum Gasteiger partial charge on any atom is 0.319 e. The summed E-state index contributed by atoms with van der Waals surface area (Å²) < 4.78 is 9.56. The van der Waals surface area contributed by atoms with Crippen molar-refractivity contribution in [3.63, 3.8) is 0 Å². The van der Waals surface area contributed by atoms with Crippen LogP contribution in [0.4, 0.5) is 5.69 Å². The first-order valence-electron chi connectivity index (χ1n) is 6.12. The number of hydrogen-bond acceptors (Lipinski definition) is 6. The van der Waals surface area contributed by atoms with Crippen LogP contribution in [0.3, 0.4) is 0 Å². The Hall–Kier alpha value is -2.15. The Labute approximate surface area is 117 Å². The summed E-state index contributed by atoms with van der Waals surface area (Å²) in [5.41, 5.74) is 0.655. The van der Waals surface area contributed by atoms with Crippen molar-refractivity contribution < 1.29 is 19.2 Å². The number of rotatable bonds is 7. The average molecular weight is 282 g/mol. The number of carbonyl (C=O) groups excluding carboxylic acids is 1. The van der Waals surface area contributed by atoms with Crippen LogP contribution in [-0.2, 0) is 16.1 Å². The summed E-state index contributed by atoms with van der Waals surface area (Å²) in [6.45, 7) is 3.11. The lowest BCUT2D eigenvalue weighted by Gasteiger charge is -2.18. The van der Waals surface area contributed by atoms with E-state index in [1.807, 2.05) is 11.8 Å². The molecular formula is C13H18N2O5. The van der Waals surface area contributed by atoms with Gasteiger partial charge in [-0.2, -0.15) is 0 Å². The Bertz CT molecular complexity index is 490. The van der Waals surface area contributed by atoms with Crippen LogP contribution >= 0.6 is 0 Å². The normalized spacial score (nSPS) is 10.4. The second-order valence-electron chi connectivity index (χ2n) is 4.14. The zero-order chi connectivity index (χ0) is 15.1. The topological polar surface area (TPSA) is 81.9 Å². The van der Waals surface area contributed by atoms with Crippen molar-refractivity contribution in [3.05, 3.63) is 33.9 Å². The maximum atomic E-state index is 11.3. The quantitative estimate of drug-likeness (QED) is 0.429. The van der Waals surface area contributed by atoms with Crippen LogP contribution in [0.15, 0.2) is 18.2 Å². The van der Waals surface area contributed by atoms with Crippen LogP contribution in [0.1, 0.15) is 12.5 Å². The van der Waals surface area contributed by atoms with E-state index in [9.17, 15) is 14.9 Å². The average Bonchev–Trinajstić information content (AvgIpc) is 2.45. The molecule has 0 aromatic heterocycles. The minimum absolute atomic E-state index is 0.0841. The highest BCUT2D eigenvalue weighted by Gasteiger charge is 2.17. The van der Waals surface area contributed by atoms with Crippen LogP contribution in [0.25, 0.3) is 0 Å². The number of methoxy groups -OCH3 is 2. The molecule has 0 atom stereocenters. The zero-order valence-electron chi connectivity index (χ0n) is 11.8. The molecule has 0 unspecified atom stereocenters. The molecule has 0 spiro atoms. The lowest BCUT2D eigenvalue weighted by Crippen LogP contribution is -2.29. The van der Waals surface area contributed by atoms with Crippen molar-refractivity contribution in [2.75, 3.05) is 27.3 Å². The monoisotopic (exact) mass is 282 g/mol. The smallest absolute Gasteiger partial charge is 0.319 e. The van der Waals surface area contributed by atoms with Crippen molar-refractivity contribution in [3.8, 4) is 5.75 Å². The molecule has 7 nitrogen and oxygen atoms in total. The summed E-state index contributed by atoms with van der Waals surface area (Å²) in [6, 6.07) is 4.75. The van der Waals surface area contributed by atoms with Crippen molar-refractivity contribution in [2.24, 2.45) is 0 Å². The van der Waals surface area contributed by atoms with Gasteiger partial charge in [0, 0.05) is 12.6 Å². The molecule has 20 heavy (non-hydrogen) atoms. The van der Waals surface area contributed by atoms with E-state index >= 15 is 0 Å². The van der Waals surface area contributed by atoms with E-state index in [0.29, 0.717) is 13.1 Å². The summed E-state index contributed by atoms with van der Waals surface area (Å²) >= 11 is 0. The van der Waals surface area contributed by atoms with Gasteiger partial charge in [0.15, 0.2) is 5.75 Å². The Kier molecular flexibility index (Phi) is 5.92. The summed E-state index contributed by atoms with van der Waals surface area (Å²) in [5.74, 6) is -0.121. The molecule has 1 aromatic rings. The molecule has 0 aliphatic rings. The van der Waals surface area contributed by atoms with Crippen LogP contribution in [0, 0.1) is 10.1 Å². The van der Waals surface area contributed by atoms with E-state index in [0.717, 1.165) is 5.56 Å². The van der Waals surface area contributed by atoms with E-state index in [1.165, 1.54) is 20.3 Å². The standard InChI is InChI=1S/C13H18N2O5/c1-4-14(9-13(16)20-3)8-10-5-6-12(19-2)11(7-10)15(17)18/h5-7H,4,8-9H2,1-3H3. The lowest BCUT2D eigenvalue weighted by molar-refractivity contribution is -0.385. The summed E-state index contributed by atoms with van der Waals surface area (Å²) in [7, 11) is 2.71. The number of nitro groups is 1. The SMILES string of the molecule is CCN(CC(=O)OC)Cc1ccc(OC)c([N+](=O)[O-])c1. The molecule has 0 aliphatic heterocycles. The van der Waals surface area contributed by atoms with E-state index in [4.69, 9.17) is 4.74 Å². The third kappa shape index (κ3) is 4.20. The number of carbonyl (C=O) groups is 1. The Morgan fingerprint density at radius 3 is 2.60 bits per heavy atom. The van der Waals surface area contributed by atoms with Gasteiger partial charge in [0.05, 0.1) is 25.7 Å². The van der Waals surface area contributed by atoms with Gasteiger partial charge in [0.2, 0.25) is 0 Å². The molecule has 0 saturated heterocycles. The molecule has 1 aromatic carbocycles. The first-order chi connectivity index (χ1) is 9.51. The number of likely N-dealkylation sites (N-methyl/N-ethyl adjacent to an activating group) is 1. The van der Waals surface area contributed by atoms with Gasteiger partial charge in [0.1, 0.15) is 0 Å². The van der Waals surface area contributed by atoms with Crippen LogP contribution < -0.4 is 4.74 Å². The minimum atomic E-state index is -0.487. The summed E-state index contributed by atoms with van der Waals surface area (Å²) in [6.07, 6.45) is 0. The van der Waals surface area contributed by atoms with Gasteiger partial charge in [-0.25, -0.2) is 0 Å². The van der Waals surface area contributed by atoms with Crippen molar-refractivity contribution in [2.45, 2.75) is 13.5 Å². The summed E-state index contributed by atoms with van der Waals surface area (Å²) in [5, 5.41) is 11.0. The molecule has 0 heterocycles. The maximum absolute atomic E-state index is 11.3. The summed E-state index contributed by atoms with van der Waals surface area (Å²) in [4.78, 5) is 23.5. The number of nitro benzene ring substituents is 1. The number of hydrogen-bond donors (Lipinski definition) is 0. The number of nitrogens with zero attached hydrogens (tertiary/aromatic N) is 2. The molecule has 0 fully saturated rings. The van der Waals surface area contributed by atoms with Gasteiger partial charge in [-0.05, 0) is 18.2 Å². The van der Waals surface area contributed by atoms with E-state index in [2.05, 4.69) is 4.74 Å². The molecule has 0 aliphatic carbocycles. The number of benzene rings is 1. The first-order valence-corrected chi connectivity index (χ1v) is 6.12. The van der Waals surface area contributed by atoms with Crippen LogP contribution in [0.5, 0.6) is 5.75 Å². The highest BCUT2D eigenvalue weighted by molar-refractivity contribution is 5.71. The van der Waals surface area contributed by atoms with Crippen molar-refractivity contribution >= 4 is 11.7 Å². The van der Waals surface area contributed by atoms with Gasteiger partial charge >= 0.3 is 11.7 Å². The highest BCUT2D eigenvalue weighted by atomic mass is 16.6. The molecule has 0 saturated carbocycles. The van der Waals surface area contributed by atoms with Crippen LogP contribution in [-0.4, -0.2) is 43.1 Å². The lowest BCUT2D eigenvalue weighted by atomic mass is 10.1. The zero-order valence-corrected chi connectivity index (χ0v) is 11.8. The van der Waals surface area contributed by atoms with Crippen molar-refractivity contribution in [1.82, 2.24) is 4.90 Å². The fraction of sp³-hybridized carbons (Fsp3) is 0.462. The van der Waals surface area contributed by atoms with Gasteiger partial charge in [0.25, 0.3) is 0 Å². The van der Waals surface area contributed by atoms with E-state index in [1.54, 1.807) is 12.1 Å². The molecule has 7 heteroatoms. The fourth-order valence-electron chi connectivity index (χ4n) is 1.76. The van der Waals surface area contributed by atoms with E-state index < -0.39 is 4.92 Å². The Morgan fingerprint density at radius 1 is 1.40 bits per heavy atom. The molecule has 0 N–H and O–H groups in total. The van der Waals surface area contributed by atoms with Crippen LogP contribution in [0.2, 0.25) is 0 Å². The molecule has 110 valence electrons. The minimum Gasteiger partial charge on any atom is -0.490 e. The van der Waals surface area contributed by atoms with Gasteiger partial charge < -0.3 is 9.47 Å². The van der Waals surface area contributed by atoms with E-state index in [-0.39, 0.29) is 24.0 Å². The fourth-order valence-corrected chi connectivity index (χ4v) is 1.76. The first kappa shape index (κ1) is 15.9. The third-order valence-electron chi connectivity index (χ3n) is 2.87. The molecular weight excluding hydrogens is 264 g/mol. The predicted octanol–water partition coefficient (Wildman–Crippen LogP) is 1.60. The van der Waals surface area contributed by atoms with Gasteiger partial charge in [-0.3, -0.25) is 19.8 Å². The van der Waals surface area contributed by atoms with Crippen molar-refractivity contribution in [1.29, 1.82) is 0 Å². The van der Waals surface area contributed by atoms with Gasteiger partial charge in [-0.1, -0.05) is 13.0 Å². The third-order valence-corrected chi connectivity index (χ3v) is 2.87. The van der Waals surface area contributed by atoms with Gasteiger partial charge in [-0.15, -0.1) is 0 Å². The largest absolute Gasteiger partial charge is 0.490 e. The molecule has 0 radical (unpaired) electrons. The number of ether oxygens (including phenoxy) is 2. The Balaban J connectivity index is 2.88. The second kappa shape index (κ2) is 7.44. The Morgan fingerprint density at radius 2 is 2.10 bits per heavy atom. The second-order valence-corrected chi connectivity index (χ2v) is 4.14. The molecule has 0 amide bonds. The predicted molar refractivity (Wildman–Crippen MR) is 72.6 cm³/mol. The highest BCUT2D eigenvalue weighted by Crippen LogP contribution is 2.27. The number of esters is 1.